The maximum absolute atomic E-state index is 11.0. The number of aliphatic hydroxyl groups is 1. The average Bonchev–Trinajstić information content (AvgIpc) is 3.32. The molecule has 2 aliphatic rings. The summed E-state index contributed by atoms with van der Waals surface area (Å²) in [5.74, 6) is -0.410. The standard InChI is InChI=1S/C7H12N2O3.C5H11N.2C3H8.C2H6/c10-4-8-3-6(11)7(12)9-5-1-2-5;1-5-3-2-4-6-5;2*1-3-2;1-2/h4-6,11H,1-3H2,(H,8,10)(H,9,12);5-6H,2-4H2,1H3;2*3H2,1-2H3;1-2H3. The quantitative estimate of drug-likeness (QED) is 0.556. The van der Waals surface area contributed by atoms with E-state index in [0.29, 0.717) is 6.41 Å². The van der Waals surface area contributed by atoms with Crippen LogP contribution in [0.4, 0.5) is 0 Å². The maximum Gasteiger partial charge on any atom is 0.250 e. The van der Waals surface area contributed by atoms with Crippen LogP contribution in [0, 0.1) is 0 Å². The molecule has 0 aromatic heterocycles. The van der Waals surface area contributed by atoms with Crippen molar-refractivity contribution in [2.45, 2.75) is 105 Å². The van der Waals surface area contributed by atoms with Crippen molar-refractivity contribution in [2.75, 3.05) is 13.1 Å². The lowest BCUT2D eigenvalue weighted by Crippen LogP contribution is -2.41. The van der Waals surface area contributed by atoms with Gasteiger partial charge < -0.3 is 21.1 Å². The topological polar surface area (TPSA) is 90.5 Å². The van der Waals surface area contributed by atoms with Crippen LogP contribution in [0.25, 0.3) is 0 Å². The first-order chi connectivity index (χ1) is 12.5. The van der Waals surface area contributed by atoms with E-state index in [9.17, 15) is 9.59 Å². The number of carbonyl (C=O) groups is 2. The van der Waals surface area contributed by atoms with Gasteiger partial charge in [-0.25, -0.2) is 0 Å². The van der Waals surface area contributed by atoms with Crippen LogP contribution in [0.2, 0.25) is 0 Å². The van der Waals surface area contributed by atoms with Gasteiger partial charge in [0, 0.05) is 12.1 Å². The largest absolute Gasteiger partial charge is 0.381 e. The van der Waals surface area contributed by atoms with Crippen LogP contribution in [-0.2, 0) is 9.59 Å². The van der Waals surface area contributed by atoms with Gasteiger partial charge in [-0.15, -0.1) is 0 Å². The normalized spacial score (nSPS) is 17.9. The molecule has 26 heavy (non-hydrogen) atoms. The zero-order valence-corrected chi connectivity index (χ0v) is 18.2. The van der Waals surface area contributed by atoms with Crippen molar-refractivity contribution in [1.82, 2.24) is 16.0 Å². The molecule has 2 amide bonds. The first-order valence-corrected chi connectivity index (χ1v) is 10.3. The highest BCUT2D eigenvalue weighted by Gasteiger charge is 2.26. The van der Waals surface area contributed by atoms with E-state index in [2.05, 4.69) is 50.6 Å². The van der Waals surface area contributed by atoms with E-state index in [1.54, 1.807) is 0 Å². The monoisotopic (exact) mass is 375 g/mol. The van der Waals surface area contributed by atoms with E-state index in [4.69, 9.17) is 5.11 Å². The van der Waals surface area contributed by atoms with Gasteiger partial charge in [0.2, 0.25) is 6.41 Å². The van der Waals surface area contributed by atoms with Crippen molar-refractivity contribution in [1.29, 1.82) is 0 Å². The predicted molar refractivity (Wildman–Crippen MR) is 111 cm³/mol. The summed E-state index contributed by atoms with van der Waals surface area (Å²) < 4.78 is 0. The van der Waals surface area contributed by atoms with Crippen molar-refractivity contribution < 1.29 is 14.7 Å². The lowest BCUT2D eigenvalue weighted by molar-refractivity contribution is -0.129. The van der Waals surface area contributed by atoms with E-state index in [0.717, 1.165) is 18.9 Å². The van der Waals surface area contributed by atoms with Gasteiger partial charge in [-0.3, -0.25) is 9.59 Å². The highest BCUT2D eigenvalue weighted by atomic mass is 16.3. The molecule has 2 fully saturated rings. The van der Waals surface area contributed by atoms with Crippen LogP contribution in [-0.4, -0.2) is 48.7 Å². The van der Waals surface area contributed by atoms with Crippen molar-refractivity contribution in [3.8, 4) is 0 Å². The molecule has 1 heterocycles. The fourth-order valence-electron chi connectivity index (χ4n) is 1.64. The third-order valence-electron chi connectivity index (χ3n) is 2.93. The summed E-state index contributed by atoms with van der Waals surface area (Å²) in [6.45, 7) is 15.9. The SMILES string of the molecule is CC.CC1CCCN1.CCC.CCC.O=CNCC(O)C(=O)NC1CC1. The van der Waals surface area contributed by atoms with Gasteiger partial charge in [-0.1, -0.05) is 54.4 Å². The Bertz CT molecular complexity index is 290. The molecule has 0 aromatic rings. The Morgan fingerprint density at radius 2 is 1.65 bits per heavy atom. The molecule has 1 saturated carbocycles. The Labute approximate surface area is 161 Å². The number of hydrogen-bond donors (Lipinski definition) is 4. The molecule has 1 aliphatic carbocycles. The Hall–Kier alpha value is -1.14. The highest BCUT2D eigenvalue weighted by Crippen LogP contribution is 2.18. The first-order valence-electron chi connectivity index (χ1n) is 10.3. The molecule has 2 rings (SSSR count). The number of carbonyl (C=O) groups excluding carboxylic acids is 2. The molecule has 2 atom stereocenters. The van der Waals surface area contributed by atoms with E-state index in [1.807, 2.05) is 13.8 Å². The van der Waals surface area contributed by atoms with Crippen molar-refractivity contribution in [2.24, 2.45) is 0 Å². The molecular weight excluding hydrogens is 330 g/mol. The summed E-state index contributed by atoms with van der Waals surface area (Å²) >= 11 is 0. The Morgan fingerprint density at radius 1 is 1.15 bits per heavy atom. The predicted octanol–water partition coefficient (Wildman–Crippen LogP) is 2.99. The third kappa shape index (κ3) is 25.1. The molecule has 6 nitrogen and oxygen atoms in total. The summed E-state index contributed by atoms with van der Waals surface area (Å²) in [6, 6.07) is 1.04. The molecular formula is C20H45N3O3. The van der Waals surface area contributed by atoms with Gasteiger partial charge in [0.1, 0.15) is 6.10 Å². The number of nitrogens with one attached hydrogen (secondary N) is 3. The fraction of sp³-hybridized carbons (Fsp3) is 0.900. The number of rotatable bonds is 5. The zero-order valence-electron chi connectivity index (χ0n) is 18.2. The molecule has 4 N–H and O–H groups in total. The van der Waals surface area contributed by atoms with Crippen LogP contribution in [0.5, 0.6) is 0 Å². The molecule has 0 bridgehead atoms. The van der Waals surface area contributed by atoms with Crippen LogP contribution in [0.3, 0.4) is 0 Å². The van der Waals surface area contributed by atoms with Gasteiger partial charge in [0.25, 0.3) is 5.91 Å². The van der Waals surface area contributed by atoms with Gasteiger partial charge in [-0.2, -0.15) is 0 Å². The summed E-state index contributed by atoms with van der Waals surface area (Å²) in [4.78, 5) is 20.8. The highest BCUT2D eigenvalue weighted by molar-refractivity contribution is 5.81. The summed E-state index contributed by atoms with van der Waals surface area (Å²) in [7, 11) is 0. The minimum Gasteiger partial charge on any atom is -0.381 e. The van der Waals surface area contributed by atoms with Crippen LogP contribution in [0.1, 0.15) is 87.0 Å². The Balaban J connectivity index is -0.000000316. The molecule has 158 valence electrons. The molecule has 6 heteroatoms. The number of aliphatic hydroxyl groups excluding tert-OH is 1. The van der Waals surface area contributed by atoms with E-state index in [1.165, 1.54) is 32.2 Å². The second kappa shape index (κ2) is 23.9. The smallest absolute Gasteiger partial charge is 0.250 e. The van der Waals surface area contributed by atoms with Crippen LogP contribution in [0.15, 0.2) is 0 Å². The maximum atomic E-state index is 11.0. The second-order valence-corrected chi connectivity index (χ2v) is 6.24. The Kier molecular flexibility index (Phi) is 27.2. The number of hydrogen-bond acceptors (Lipinski definition) is 4. The van der Waals surface area contributed by atoms with E-state index in [-0.39, 0.29) is 12.6 Å². The van der Waals surface area contributed by atoms with Crippen LogP contribution < -0.4 is 16.0 Å². The molecule has 1 aliphatic heterocycles. The fourth-order valence-corrected chi connectivity index (χ4v) is 1.64. The van der Waals surface area contributed by atoms with Gasteiger partial charge in [0.05, 0.1) is 6.54 Å². The van der Waals surface area contributed by atoms with Crippen molar-refractivity contribution in [3.63, 3.8) is 0 Å². The van der Waals surface area contributed by atoms with E-state index < -0.39 is 12.0 Å². The summed E-state index contributed by atoms with van der Waals surface area (Å²) in [5, 5.41) is 17.3. The summed E-state index contributed by atoms with van der Waals surface area (Å²) in [5.41, 5.74) is 0. The number of amides is 2. The lowest BCUT2D eigenvalue weighted by Gasteiger charge is -2.09. The molecule has 2 unspecified atom stereocenters. The molecule has 0 spiro atoms. The lowest BCUT2D eigenvalue weighted by atomic mass is 10.3. The molecule has 0 radical (unpaired) electrons. The minimum absolute atomic E-state index is 0.0257. The molecule has 0 aromatic carbocycles. The third-order valence-corrected chi connectivity index (χ3v) is 2.93. The van der Waals surface area contributed by atoms with Crippen molar-refractivity contribution >= 4 is 12.3 Å². The van der Waals surface area contributed by atoms with Gasteiger partial charge in [-0.05, 0) is 39.2 Å². The molecule has 1 saturated heterocycles. The second-order valence-electron chi connectivity index (χ2n) is 6.24. The minimum atomic E-state index is -1.13. The first kappa shape index (κ1) is 29.6. The van der Waals surface area contributed by atoms with E-state index >= 15 is 0 Å². The Morgan fingerprint density at radius 3 is 1.92 bits per heavy atom. The van der Waals surface area contributed by atoms with Crippen molar-refractivity contribution in [3.05, 3.63) is 0 Å². The average molecular weight is 376 g/mol. The van der Waals surface area contributed by atoms with Gasteiger partial charge in [0.15, 0.2) is 0 Å². The summed E-state index contributed by atoms with van der Waals surface area (Å²) in [6.07, 6.45) is 6.55. The zero-order chi connectivity index (χ0) is 20.8. The van der Waals surface area contributed by atoms with Gasteiger partial charge >= 0.3 is 0 Å². The van der Waals surface area contributed by atoms with Crippen LogP contribution >= 0.6 is 0 Å².